The fraction of sp³-hybridized carbons (Fsp3) is 0.462. The summed E-state index contributed by atoms with van der Waals surface area (Å²) in [5.41, 5.74) is 7.81. The lowest BCUT2D eigenvalue weighted by Gasteiger charge is -2.04. The van der Waals surface area contributed by atoms with Crippen LogP contribution in [0.3, 0.4) is 0 Å². The average Bonchev–Trinajstić information content (AvgIpc) is 2.22. The van der Waals surface area contributed by atoms with Crippen molar-refractivity contribution in [2.45, 2.75) is 33.1 Å². The Bertz CT molecular complexity index is 372. The molecule has 0 aliphatic heterocycles. The van der Waals surface area contributed by atoms with Crippen molar-refractivity contribution in [2.24, 2.45) is 10.7 Å². The van der Waals surface area contributed by atoms with Gasteiger partial charge in [-0.15, -0.1) is 0 Å². The first-order valence-corrected chi connectivity index (χ1v) is 5.67. The highest BCUT2D eigenvalue weighted by molar-refractivity contribution is 5.80. The molecule has 0 aliphatic rings. The number of aliphatic imine (C=N–C) groups is 1. The minimum absolute atomic E-state index is 0.185. The van der Waals surface area contributed by atoms with Crippen molar-refractivity contribution < 1.29 is 4.39 Å². The van der Waals surface area contributed by atoms with Crippen LogP contribution in [-0.2, 0) is 6.42 Å². The predicted octanol–water partition coefficient (Wildman–Crippen LogP) is 2.83. The minimum Gasteiger partial charge on any atom is -0.387 e. The third kappa shape index (κ3) is 4.01. The molecule has 1 aromatic rings. The molecule has 0 atom stereocenters. The van der Waals surface area contributed by atoms with Crippen LogP contribution in [0.4, 0.5) is 4.39 Å². The van der Waals surface area contributed by atoms with E-state index >= 15 is 0 Å². The summed E-state index contributed by atoms with van der Waals surface area (Å²) < 4.78 is 12.9. The molecule has 2 nitrogen and oxygen atoms in total. The van der Waals surface area contributed by atoms with Crippen molar-refractivity contribution in [2.75, 3.05) is 6.54 Å². The Kier molecular flexibility index (Phi) is 4.96. The number of benzene rings is 1. The lowest BCUT2D eigenvalue weighted by atomic mass is 10.1. The van der Waals surface area contributed by atoms with Gasteiger partial charge in [-0.1, -0.05) is 13.0 Å². The molecular weight excluding hydrogens is 203 g/mol. The molecule has 1 rings (SSSR count). The fourth-order valence-corrected chi connectivity index (χ4v) is 1.59. The highest BCUT2D eigenvalue weighted by Crippen LogP contribution is 2.10. The van der Waals surface area contributed by atoms with E-state index in [-0.39, 0.29) is 5.82 Å². The molecule has 0 spiro atoms. The summed E-state index contributed by atoms with van der Waals surface area (Å²) in [6, 6.07) is 4.85. The van der Waals surface area contributed by atoms with Crippen molar-refractivity contribution in [1.82, 2.24) is 0 Å². The molecule has 0 saturated carbocycles. The molecule has 0 aliphatic carbocycles. The van der Waals surface area contributed by atoms with E-state index in [1.807, 2.05) is 13.0 Å². The molecule has 0 heterocycles. The van der Waals surface area contributed by atoms with E-state index in [1.165, 1.54) is 6.07 Å². The van der Waals surface area contributed by atoms with Crippen molar-refractivity contribution in [3.8, 4) is 0 Å². The Morgan fingerprint density at radius 1 is 1.44 bits per heavy atom. The van der Waals surface area contributed by atoms with Crippen LogP contribution in [0.5, 0.6) is 0 Å². The second-order valence-electron chi connectivity index (χ2n) is 3.94. The van der Waals surface area contributed by atoms with Crippen LogP contribution in [0.2, 0.25) is 0 Å². The fourth-order valence-electron chi connectivity index (χ4n) is 1.59. The van der Waals surface area contributed by atoms with Crippen molar-refractivity contribution in [1.29, 1.82) is 0 Å². The first-order chi connectivity index (χ1) is 7.63. The lowest BCUT2D eigenvalue weighted by Crippen LogP contribution is -2.12. The monoisotopic (exact) mass is 222 g/mol. The second kappa shape index (κ2) is 6.26. The average molecular weight is 222 g/mol. The number of amidine groups is 1. The third-order valence-corrected chi connectivity index (χ3v) is 2.51. The van der Waals surface area contributed by atoms with Crippen LogP contribution >= 0.6 is 0 Å². The molecule has 0 amide bonds. The number of halogens is 1. The largest absolute Gasteiger partial charge is 0.387 e. The smallest absolute Gasteiger partial charge is 0.123 e. The van der Waals surface area contributed by atoms with Crippen molar-refractivity contribution in [3.63, 3.8) is 0 Å². The molecule has 0 fully saturated rings. The summed E-state index contributed by atoms with van der Waals surface area (Å²) in [5.74, 6) is 0.525. The van der Waals surface area contributed by atoms with Gasteiger partial charge in [0.05, 0.1) is 5.84 Å². The molecule has 0 radical (unpaired) electrons. The highest BCUT2D eigenvalue weighted by atomic mass is 19.1. The van der Waals surface area contributed by atoms with Gasteiger partial charge in [-0.05, 0) is 43.0 Å². The predicted molar refractivity (Wildman–Crippen MR) is 66.2 cm³/mol. The van der Waals surface area contributed by atoms with E-state index in [9.17, 15) is 4.39 Å². The summed E-state index contributed by atoms with van der Waals surface area (Å²) in [4.78, 5) is 4.27. The highest BCUT2D eigenvalue weighted by Gasteiger charge is 1.99. The third-order valence-electron chi connectivity index (χ3n) is 2.51. The van der Waals surface area contributed by atoms with Crippen molar-refractivity contribution >= 4 is 5.84 Å². The van der Waals surface area contributed by atoms with Gasteiger partial charge in [-0.25, -0.2) is 4.39 Å². The maximum absolute atomic E-state index is 12.9. The first-order valence-electron chi connectivity index (χ1n) is 5.67. The van der Waals surface area contributed by atoms with Gasteiger partial charge in [0, 0.05) is 13.0 Å². The van der Waals surface area contributed by atoms with Gasteiger partial charge < -0.3 is 5.73 Å². The van der Waals surface area contributed by atoms with Gasteiger partial charge in [-0.3, -0.25) is 4.99 Å². The molecule has 1 aromatic carbocycles. The summed E-state index contributed by atoms with van der Waals surface area (Å²) in [5, 5.41) is 0. The van der Waals surface area contributed by atoms with E-state index in [0.29, 0.717) is 12.4 Å². The Morgan fingerprint density at radius 2 is 2.19 bits per heavy atom. The zero-order valence-corrected chi connectivity index (χ0v) is 9.96. The zero-order chi connectivity index (χ0) is 12.0. The quantitative estimate of drug-likeness (QED) is 0.603. The number of hydrogen-bond donors (Lipinski definition) is 1. The maximum atomic E-state index is 12.9. The topological polar surface area (TPSA) is 38.4 Å². The van der Waals surface area contributed by atoms with E-state index < -0.39 is 0 Å². The van der Waals surface area contributed by atoms with E-state index in [4.69, 9.17) is 5.73 Å². The van der Waals surface area contributed by atoms with Crippen molar-refractivity contribution in [3.05, 3.63) is 35.1 Å². The van der Waals surface area contributed by atoms with E-state index in [1.54, 1.807) is 6.07 Å². The molecule has 88 valence electrons. The van der Waals surface area contributed by atoms with Crippen LogP contribution in [0.1, 0.15) is 30.9 Å². The van der Waals surface area contributed by atoms with Crippen LogP contribution in [0.15, 0.2) is 23.2 Å². The Morgan fingerprint density at radius 3 is 2.81 bits per heavy atom. The molecule has 16 heavy (non-hydrogen) atoms. The SMILES string of the molecule is CCCC(N)=NCCc1ccc(F)cc1C. The molecule has 3 heteroatoms. The van der Waals surface area contributed by atoms with Crippen LogP contribution < -0.4 is 5.73 Å². The molecule has 0 aromatic heterocycles. The number of aryl methyl sites for hydroxylation is 1. The lowest BCUT2D eigenvalue weighted by molar-refractivity contribution is 0.625. The maximum Gasteiger partial charge on any atom is 0.123 e. The van der Waals surface area contributed by atoms with Gasteiger partial charge in [0.2, 0.25) is 0 Å². The zero-order valence-electron chi connectivity index (χ0n) is 9.96. The summed E-state index contributed by atoms with van der Waals surface area (Å²) >= 11 is 0. The van der Waals surface area contributed by atoms with Gasteiger partial charge in [-0.2, -0.15) is 0 Å². The number of hydrogen-bond acceptors (Lipinski definition) is 1. The molecule has 0 bridgehead atoms. The van der Waals surface area contributed by atoms with Gasteiger partial charge >= 0.3 is 0 Å². The molecule has 0 unspecified atom stereocenters. The Hall–Kier alpha value is -1.38. The number of rotatable bonds is 5. The molecular formula is C13H19FN2. The summed E-state index contributed by atoms with van der Waals surface area (Å²) in [7, 11) is 0. The van der Waals surface area contributed by atoms with E-state index in [0.717, 1.165) is 30.4 Å². The van der Waals surface area contributed by atoms with Gasteiger partial charge in [0.25, 0.3) is 0 Å². The van der Waals surface area contributed by atoms with Crippen LogP contribution in [-0.4, -0.2) is 12.4 Å². The van der Waals surface area contributed by atoms with Crippen LogP contribution in [0.25, 0.3) is 0 Å². The first kappa shape index (κ1) is 12.7. The Labute approximate surface area is 96.4 Å². The van der Waals surface area contributed by atoms with E-state index in [2.05, 4.69) is 11.9 Å². The molecule has 0 saturated heterocycles. The van der Waals surface area contributed by atoms with Gasteiger partial charge in [0.15, 0.2) is 0 Å². The standard InChI is InChI=1S/C13H19FN2/c1-3-4-13(15)16-8-7-11-5-6-12(14)9-10(11)2/h5-6,9H,3-4,7-8H2,1-2H3,(H2,15,16). The minimum atomic E-state index is -0.185. The second-order valence-corrected chi connectivity index (χ2v) is 3.94. The Balaban J connectivity index is 2.52. The molecule has 2 N–H and O–H groups in total. The number of nitrogens with two attached hydrogens (primary N) is 1. The number of nitrogens with zero attached hydrogens (tertiary/aromatic N) is 1. The van der Waals surface area contributed by atoms with Crippen LogP contribution in [0, 0.1) is 12.7 Å². The summed E-state index contributed by atoms with van der Waals surface area (Å²) in [6.07, 6.45) is 2.68. The van der Waals surface area contributed by atoms with Gasteiger partial charge in [0.1, 0.15) is 5.82 Å². The summed E-state index contributed by atoms with van der Waals surface area (Å²) in [6.45, 7) is 4.67. The normalized spacial score (nSPS) is 11.8.